The van der Waals surface area contributed by atoms with Crippen LogP contribution in [-0.2, 0) is 6.18 Å². The summed E-state index contributed by atoms with van der Waals surface area (Å²) in [5, 5.41) is 14.9. The minimum absolute atomic E-state index is 0.0291. The molecule has 6 heteroatoms. The predicted octanol–water partition coefficient (Wildman–Crippen LogP) is 15.0. The first-order valence-corrected chi connectivity index (χ1v) is 20.0. The van der Waals surface area contributed by atoms with E-state index in [-0.39, 0.29) is 5.56 Å². The first-order chi connectivity index (χ1) is 29.0. The summed E-state index contributed by atoms with van der Waals surface area (Å²) < 4.78 is 49.3. The Morgan fingerprint density at radius 3 is 1.37 bits per heavy atom. The van der Waals surface area contributed by atoms with Crippen molar-refractivity contribution in [2.75, 3.05) is 0 Å². The smallest absolute Gasteiger partial charge is 0.309 e. The molecule has 0 atom stereocenters. The van der Waals surface area contributed by atoms with Gasteiger partial charge in [0.2, 0.25) is 0 Å². The largest absolute Gasteiger partial charge is 0.417 e. The maximum absolute atomic E-state index is 15.1. The topological polar surface area (TPSA) is 33.6 Å². The maximum atomic E-state index is 15.1. The number of fused-ring (bicyclic) bond motifs is 6. The van der Waals surface area contributed by atoms with Crippen LogP contribution < -0.4 is 0 Å². The molecule has 0 saturated heterocycles. The Morgan fingerprint density at radius 1 is 0.417 bits per heavy atom. The van der Waals surface area contributed by atoms with E-state index in [0.29, 0.717) is 22.5 Å². The first kappa shape index (κ1) is 36.9. The number of halogens is 3. The molecule has 0 aliphatic rings. The van der Waals surface area contributed by atoms with E-state index in [9.17, 15) is 5.26 Å². The summed E-state index contributed by atoms with van der Waals surface area (Å²) in [4.78, 5) is 0. The Bertz CT molecular complexity index is 3390. The second kappa shape index (κ2) is 13.9. The van der Waals surface area contributed by atoms with Crippen LogP contribution in [0.15, 0.2) is 158 Å². The summed E-state index contributed by atoms with van der Waals surface area (Å²) in [6.07, 6.45) is -4.64. The summed E-state index contributed by atoms with van der Waals surface area (Å²) in [6.45, 7) is 8.34. The van der Waals surface area contributed by atoms with Gasteiger partial charge in [-0.05, 0) is 110 Å². The number of rotatable bonds is 5. The van der Waals surface area contributed by atoms with E-state index < -0.39 is 11.7 Å². The fourth-order valence-electron chi connectivity index (χ4n) is 9.32. The van der Waals surface area contributed by atoms with Crippen molar-refractivity contribution < 1.29 is 13.2 Å². The van der Waals surface area contributed by atoms with Crippen molar-refractivity contribution in [3.05, 3.63) is 191 Å². The van der Waals surface area contributed by atoms with Crippen molar-refractivity contribution in [1.29, 1.82) is 5.26 Å². The van der Waals surface area contributed by atoms with E-state index in [4.69, 9.17) is 0 Å². The molecule has 8 aromatic carbocycles. The van der Waals surface area contributed by atoms with Crippen LogP contribution >= 0.6 is 0 Å². The monoisotopic (exact) mass is 785 g/mol. The van der Waals surface area contributed by atoms with Gasteiger partial charge in [-0.25, -0.2) is 0 Å². The lowest BCUT2D eigenvalue weighted by atomic mass is 9.95. The molecule has 290 valence electrons. The zero-order valence-corrected chi connectivity index (χ0v) is 33.5. The highest BCUT2D eigenvalue weighted by Gasteiger charge is 2.35. The van der Waals surface area contributed by atoms with Crippen LogP contribution in [0.1, 0.15) is 33.4 Å². The molecule has 0 aliphatic carbocycles. The molecule has 0 saturated carbocycles. The molecule has 0 unspecified atom stereocenters. The van der Waals surface area contributed by atoms with Crippen LogP contribution in [0.5, 0.6) is 0 Å². The number of benzene rings is 8. The fraction of sp³-hybridized carbons (Fsp3) is 0.0926. The normalized spacial score (nSPS) is 11.9. The van der Waals surface area contributed by atoms with Gasteiger partial charge in [0, 0.05) is 27.1 Å². The van der Waals surface area contributed by atoms with Crippen molar-refractivity contribution in [2.45, 2.75) is 33.9 Å². The summed E-state index contributed by atoms with van der Waals surface area (Å²) in [6, 6.07) is 53.3. The van der Waals surface area contributed by atoms with Crippen molar-refractivity contribution in [3.63, 3.8) is 0 Å². The fourth-order valence-corrected chi connectivity index (χ4v) is 9.32. The van der Waals surface area contributed by atoms with Gasteiger partial charge in [-0.2, -0.15) is 18.4 Å². The van der Waals surface area contributed by atoms with Crippen LogP contribution in [0, 0.1) is 39.0 Å². The van der Waals surface area contributed by atoms with E-state index in [0.717, 1.165) is 83.1 Å². The molecule has 60 heavy (non-hydrogen) atoms. The van der Waals surface area contributed by atoms with Gasteiger partial charge < -0.3 is 9.13 Å². The number of para-hydroxylation sites is 2. The summed E-state index contributed by atoms with van der Waals surface area (Å²) in [5.41, 5.74) is 13.2. The quantitative estimate of drug-likeness (QED) is 0.171. The van der Waals surface area contributed by atoms with Crippen molar-refractivity contribution >= 4 is 43.6 Å². The molecule has 0 bridgehead atoms. The van der Waals surface area contributed by atoms with E-state index >= 15 is 13.2 Å². The van der Waals surface area contributed by atoms with E-state index in [2.05, 4.69) is 107 Å². The van der Waals surface area contributed by atoms with E-state index in [1.165, 1.54) is 23.3 Å². The number of hydrogen-bond acceptors (Lipinski definition) is 1. The van der Waals surface area contributed by atoms with Crippen LogP contribution in [0.4, 0.5) is 13.2 Å². The first-order valence-electron chi connectivity index (χ1n) is 20.0. The second-order valence-corrected chi connectivity index (χ2v) is 16.0. The Balaban J connectivity index is 1.28. The van der Waals surface area contributed by atoms with Gasteiger partial charge in [0.05, 0.1) is 44.6 Å². The Morgan fingerprint density at radius 2 is 0.867 bits per heavy atom. The second-order valence-electron chi connectivity index (χ2n) is 16.0. The third kappa shape index (κ3) is 6.05. The van der Waals surface area contributed by atoms with Gasteiger partial charge in [0.1, 0.15) is 6.07 Å². The number of aromatic nitrogens is 2. The minimum Gasteiger partial charge on any atom is -0.309 e. The van der Waals surface area contributed by atoms with E-state index in [1.807, 2.05) is 57.7 Å². The summed E-state index contributed by atoms with van der Waals surface area (Å²) in [5.74, 6) is 0. The highest BCUT2D eigenvalue weighted by Crippen LogP contribution is 2.45. The zero-order chi connectivity index (χ0) is 41.4. The molecule has 0 spiro atoms. The predicted molar refractivity (Wildman–Crippen MR) is 240 cm³/mol. The third-order valence-corrected chi connectivity index (χ3v) is 11.7. The van der Waals surface area contributed by atoms with Crippen LogP contribution in [0.25, 0.3) is 88.4 Å². The molecular formula is C54H38F3N3. The molecule has 0 radical (unpaired) electrons. The third-order valence-electron chi connectivity index (χ3n) is 11.7. The van der Waals surface area contributed by atoms with Gasteiger partial charge in [0.25, 0.3) is 0 Å². The standard InChI is InChI=1S/C54H38F3N3/c1-32-21-33(2)24-38(23-32)36-17-19-50-44(27-36)42-12-6-9-15-48(42)59(50)52-30-46(41-11-5-8-14-47(41)54(55,56)57)53(29-40(52)31-58)60-49-16-10-7-13-43(49)45-28-37(18-20-51(45)60)39-25-34(3)22-35(4)26-39/h5-30H,1-4H3. The molecule has 0 fully saturated rings. The number of aryl methyl sites for hydroxylation is 4. The molecule has 2 aromatic heterocycles. The zero-order valence-electron chi connectivity index (χ0n) is 33.5. The van der Waals surface area contributed by atoms with Gasteiger partial charge in [-0.3, -0.25) is 0 Å². The van der Waals surface area contributed by atoms with Gasteiger partial charge >= 0.3 is 6.18 Å². The highest BCUT2D eigenvalue weighted by atomic mass is 19.4. The lowest BCUT2D eigenvalue weighted by Gasteiger charge is -2.21. The molecular weight excluding hydrogens is 748 g/mol. The SMILES string of the molecule is Cc1cc(C)cc(-c2ccc3c(c2)c2ccccc2n3-c2cc(-c3ccccc3C(F)(F)F)c(-n3c4ccccc4c4cc(-c5cc(C)cc(C)c5)ccc43)cc2C#N)c1. The molecule has 3 nitrogen and oxygen atoms in total. The van der Waals surface area contributed by atoms with Gasteiger partial charge in [-0.1, -0.05) is 125 Å². The Labute approximate surface area is 345 Å². The average molecular weight is 786 g/mol. The molecule has 2 heterocycles. The molecule has 0 N–H and O–H groups in total. The Kier molecular flexibility index (Phi) is 8.55. The van der Waals surface area contributed by atoms with E-state index in [1.54, 1.807) is 18.2 Å². The molecule has 10 rings (SSSR count). The number of alkyl halides is 3. The minimum atomic E-state index is -4.64. The van der Waals surface area contributed by atoms with Crippen LogP contribution in [0.2, 0.25) is 0 Å². The van der Waals surface area contributed by atoms with Crippen LogP contribution in [-0.4, -0.2) is 9.13 Å². The number of nitrogens with zero attached hydrogens (tertiary/aromatic N) is 3. The number of hydrogen-bond donors (Lipinski definition) is 0. The lowest BCUT2D eigenvalue weighted by molar-refractivity contribution is -0.137. The van der Waals surface area contributed by atoms with Crippen molar-refractivity contribution in [1.82, 2.24) is 9.13 Å². The highest BCUT2D eigenvalue weighted by molar-refractivity contribution is 6.12. The summed E-state index contributed by atoms with van der Waals surface area (Å²) in [7, 11) is 0. The van der Waals surface area contributed by atoms with Crippen LogP contribution in [0.3, 0.4) is 0 Å². The molecule has 0 aliphatic heterocycles. The van der Waals surface area contributed by atoms with Gasteiger partial charge in [-0.15, -0.1) is 0 Å². The van der Waals surface area contributed by atoms with Crippen molar-refractivity contribution in [2.24, 2.45) is 0 Å². The molecule has 0 amide bonds. The van der Waals surface area contributed by atoms with Gasteiger partial charge in [0.15, 0.2) is 0 Å². The Hall–Kier alpha value is -7.36. The average Bonchev–Trinajstić information content (AvgIpc) is 3.74. The lowest BCUT2D eigenvalue weighted by Crippen LogP contribution is -2.09. The number of nitriles is 1. The molecule has 10 aromatic rings. The maximum Gasteiger partial charge on any atom is 0.417 e. The van der Waals surface area contributed by atoms with Crippen molar-refractivity contribution in [3.8, 4) is 50.8 Å². The summed E-state index contributed by atoms with van der Waals surface area (Å²) >= 11 is 0.